The van der Waals surface area contributed by atoms with Crippen molar-refractivity contribution in [2.45, 2.75) is 45.8 Å². The maximum atomic E-state index is 13.4. The van der Waals surface area contributed by atoms with E-state index in [1.165, 1.54) is 4.90 Å². The van der Waals surface area contributed by atoms with Crippen LogP contribution in [0.2, 0.25) is 0 Å². The second kappa shape index (κ2) is 10.2. The maximum Gasteiger partial charge on any atom is 0.310 e. The van der Waals surface area contributed by atoms with Gasteiger partial charge in [0.1, 0.15) is 11.5 Å². The van der Waals surface area contributed by atoms with Crippen molar-refractivity contribution in [3.63, 3.8) is 0 Å². The summed E-state index contributed by atoms with van der Waals surface area (Å²) in [7, 11) is 0. The first kappa shape index (κ1) is 25.3. The minimum absolute atomic E-state index is 0.0315. The van der Waals surface area contributed by atoms with E-state index in [-0.39, 0.29) is 29.8 Å². The number of anilines is 1. The smallest absolute Gasteiger partial charge is 0.310 e. The van der Waals surface area contributed by atoms with Gasteiger partial charge in [-0.2, -0.15) is 0 Å². The zero-order valence-corrected chi connectivity index (χ0v) is 21.6. The van der Waals surface area contributed by atoms with Gasteiger partial charge in [-0.25, -0.2) is 0 Å². The van der Waals surface area contributed by atoms with E-state index in [4.69, 9.17) is 9.47 Å². The van der Waals surface area contributed by atoms with Gasteiger partial charge in [0.05, 0.1) is 30.7 Å². The second-order valence-electron chi connectivity index (χ2n) is 9.89. The van der Waals surface area contributed by atoms with Gasteiger partial charge in [-0.05, 0) is 67.8 Å². The van der Waals surface area contributed by atoms with E-state index in [1.807, 2.05) is 37.3 Å². The third-order valence-electron chi connectivity index (χ3n) is 6.70. The molecule has 0 spiro atoms. The number of Topliss-reactive ketones (excluding diaryl/α,β-unsaturated/α-hetero) is 1. The minimum Gasteiger partial charge on any atom is -0.507 e. The topological polar surface area (TPSA) is 93.1 Å². The van der Waals surface area contributed by atoms with Gasteiger partial charge in [0.25, 0.3) is 11.7 Å². The normalized spacial score (nSPS) is 18.0. The van der Waals surface area contributed by atoms with Gasteiger partial charge in [-0.15, -0.1) is 0 Å². The third kappa shape index (κ3) is 4.79. The van der Waals surface area contributed by atoms with E-state index in [0.29, 0.717) is 29.8 Å². The summed E-state index contributed by atoms with van der Waals surface area (Å²) in [6, 6.07) is 18.9. The standard InChI is InChI=1S/C31H29NO6/c1-18(2)38-26(33)16-20-7-10-24(11-8-20)32-28(22-6-4-5-19(3)15-22)27(30(35)31(32)36)29(34)23-9-12-25-21(17-23)13-14-37-25/h4-12,15,17-18,28,34H,13-14,16H2,1-3H3/b29-27-. The number of esters is 1. The number of carbonyl (C=O) groups is 3. The van der Waals surface area contributed by atoms with Crippen molar-refractivity contribution in [2.24, 2.45) is 0 Å². The van der Waals surface area contributed by atoms with E-state index in [2.05, 4.69) is 0 Å². The summed E-state index contributed by atoms with van der Waals surface area (Å²) in [4.78, 5) is 40.3. The van der Waals surface area contributed by atoms with Crippen molar-refractivity contribution in [3.05, 3.63) is 100 Å². The molecule has 1 atom stereocenters. The van der Waals surface area contributed by atoms with E-state index >= 15 is 0 Å². The average Bonchev–Trinajstić information content (AvgIpc) is 3.45. The molecular weight excluding hydrogens is 482 g/mol. The second-order valence-corrected chi connectivity index (χ2v) is 9.89. The Morgan fingerprint density at radius 3 is 2.55 bits per heavy atom. The molecule has 0 aromatic heterocycles. The number of amides is 1. The van der Waals surface area contributed by atoms with Crippen LogP contribution in [0.5, 0.6) is 5.75 Å². The van der Waals surface area contributed by atoms with Crippen molar-refractivity contribution < 1.29 is 29.0 Å². The quantitative estimate of drug-likeness (QED) is 0.215. The summed E-state index contributed by atoms with van der Waals surface area (Å²) in [5.74, 6) is -1.28. The lowest BCUT2D eigenvalue weighted by Crippen LogP contribution is -2.29. The number of ether oxygens (including phenoxy) is 2. The highest BCUT2D eigenvalue weighted by Gasteiger charge is 2.47. The molecule has 1 unspecified atom stereocenters. The van der Waals surface area contributed by atoms with E-state index in [0.717, 1.165) is 22.4 Å². The molecule has 7 heteroatoms. The summed E-state index contributed by atoms with van der Waals surface area (Å²) in [6.07, 6.45) is 0.602. The first-order chi connectivity index (χ1) is 18.2. The lowest BCUT2D eigenvalue weighted by Gasteiger charge is -2.26. The molecule has 0 aliphatic carbocycles. The highest BCUT2D eigenvalue weighted by molar-refractivity contribution is 6.51. The number of fused-ring (bicyclic) bond motifs is 1. The first-order valence-corrected chi connectivity index (χ1v) is 12.6. The number of aliphatic hydroxyl groups excluding tert-OH is 1. The van der Waals surface area contributed by atoms with E-state index in [9.17, 15) is 19.5 Å². The number of hydrogen-bond acceptors (Lipinski definition) is 6. The van der Waals surface area contributed by atoms with Crippen molar-refractivity contribution >= 4 is 29.1 Å². The Labute approximate surface area is 221 Å². The molecule has 2 aliphatic rings. The van der Waals surface area contributed by atoms with Crippen LogP contribution in [0, 0.1) is 6.92 Å². The number of aryl methyl sites for hydroxylation is 1. The van der Waals surface area contributed by atoms with Crippen LogP contribution in [0.4, 0.5) is 5.69 Å². The molecule has 5 rings (SSSR count). The molecular formula is C31H29NO6. The summed E-state index contributed by atoms with van der Waals surface area (Å²) in [6.45, 7) is 6.08. The lowest BCUT2D eigenvalue weighted by atomic mass is 9.93. The molecule has 1 fully saturated rings. The molecule has 1 amide bonds. The summed E-state index contributed by atoms with van der Waals surface area (Å²) >= 11 is 0. The summed E-state index contributed by atoms with van der Waals surface area (Å²) < 4.78 is 10.8. The van der Waals surface area contributed by atoms with Crippen LogP contribution in [0.1, 0.15) is 47.7 Å². The average molecular weight is 512 g/mol. The molecule has 1 N–H and O–H groups in total. The number of hydrogen-bond donors (Lipinski definition) is 1. The number of benzene rings is 3. The highest BCUT2D eigenvalue weighted by Crippen LogP contribution is 2.43. The van der Waals surface area contributed by atoms with Crippen LogP contribution >= 0.6 is 0 Å². The summed E-state index contributed by atoms with van der Waals surface area (Å²) in [5.41, 5.74) is 4.32. The van der Waals surface area contributed by atoms with Gasteiger partial charge in [0.2, 0.25) is 0 Å². The minimum atomic E-state index is -0.823. The van der Waals surface area contributed by atoms with Crippen molar-refractivity contribution in [3.8, 4) is 5.75 Å². The Morgan fingerprint density at radius 2 is 1.84 bits per heavy atom. The van der Waals surface area contributed by atoms with Crippen LogP contribution in [0.15, 0.2) is 72.3 Å². The van der Waals surface area contributed by atoms with Gasteiger partial charge in [-0.3, -0.25) is 19.3 Å². The molecule has 0 radical (unpaired) electrons. The van der Waals surface area contributed by atoms with Crippen molar-refractivity contribution in [2.75, 3.05) is 11.5 Å². The fraction of sp³-hybridized carbons (Fsp3) is 0.258. The molecule has 38 heavy (non-hydrogen) atoms. The largest absolute Gasteiger partial charge is 0.507 e. The molecule has 3 aromatic carbocycles. The molecule has 194 valence electrons. The van der Waals surface area contributed by atoms with E-state index in [1.54, 1.807) is 50.2 Å². The van der Waals surface area contributed by atoms with Crippen LogP contribution in [-0.4, -0.2) is 35.5 Å². The first-order valence-electron chi connectivity index (χ1n) is 12.6. The fourth-order valence-corrected chi connectivity index (χ4v) is 4.99. The Bertz CT molecular complexity index is 1450. The van der Waals surface area contributed by atoms with E-state index < -0.39 is 17.7 Å². The fourth-order valence-electron chi connectivity index (χ4n) is 4.99. The van der Waals surface area contributed by atoms with Crippen molar-refractivity contribution in [1.82, 2.24) is 0 Å². The predicted octanol–water partition coefficient (Wildman–Crippen LogP) is 5.05. The molecule has 0 saturated carbocycles. The van der Waals surface area contributed by atoms with Gasteiger partial charge >= 0.3 is 5.97 Å². The van der Waals surface area contributed by atoms with Gasteiger partial charge in [-0.1, -0.05) is 42.0 Å². The van der Waals surface area contributed by atoms with Crippen LogP contribution in [0.3, 0.4) is 0 Å². The third-order valence-corrected chi connectivity index (χ3v) is 6.70. The predicted molar refractivity (Wildman–Crippen MR) is 143 cm³/mol. The zero-order chi connectivity index (χ0) is 27.0. The van der Waals surface area contributed by atoms with Crippen molar-refractivity contribution in [1.29, 1.82) is 0 Å². The van der Waals surface area contributed by atoms with Crippen LogP contribution in [-0.2, 0) is 32.0 Å². The lowest BCUT2D eigenvalue weighted by molar-refractivity contribution is -0.146. The van der Waals surface area contributed by atoms with Gasteiger partial charge < -0.3 is 14.6 Å². The number of ketones is 1. The zero-order valence-electron chi connectivity index (χ0n) is 21.6. The molecule has 2 heterocycles. The maximum absolute atomic E-state index is 13.4. The van der Waals surface area contributed by atoms with Crippen LogP contribution in [0.25, 0.3) is 5.76 Å². The monoisotopic (exact) mass is 511 g/mol. The molecule has 7 nitrogen and oxygen atoms in total. The Balaban J connectivity index is 1.57. The highest BCUT2D eigenvalue weighted by atomic mass is 16.5. The van der Waals surface area contributed by atoms with Gasteiger partial charge in [0, 0.05) is 17.7 Å². The Kier molecular flexibility index (Phi) is 6.76. The van der Waals surface area contributed by atoms with Gasteiger partial charge in [0.15, 0.2) is 0 Å². The molecule has 0 bridgehead atoms. The number of aliphatic hydroxyl groups is 1. The number of carbonyl (C=O) groups excluding carboxylic acids is 3. The Morgan fingerprint density at radius 1 is 1.08 bits per heavy atom. The summed E-state index contributed by atoms with van der Waals surface area (Å²) in [5, 5.41) is 11.4. The number of rotatable bonds is 6. The molecule has 2 aliphatic heterocycles. The SMILES string of the molecule is Cc1cccc(C2/C(=C(/O)c3ccc4c(c3)CCO4)C(=O)C(=O)N2c2ccc(CC(=O)OC(C)C)cc2)c1. The molecule has 1 saturated heterocycles. The van der Waals surface area contributed by atoms with Crippen LogP contribution < -0.4 is 9.64 Å². The Hall–Kier alpha value is -4.39. The number of nitrogens with zero attached hydrogens (tertiary/aromatic N) is 1. The molecule has 3 aromatic rings.